The lowest BCUT2D eigenvalue weighted by Gasteiger charge is -2.30. The number of H-pyrrole nitrogens is 1. The fraction of sp³-hybridized carbons (Fsp3) is 0.579. The Bertz CT molecular complexity index is 650. The van der Waals surface area contributed by atoms with E-state index in [-0.39, 0.29) is 0 Å². The molecule has 6 nitrogen and oxygen atoms in total. The molecule has 1 fully saturated rings. The van der Waals surface area contributed by atoms with Crippen LogP contribution < -0.4 is 4.74 Å². The predicted octanol–water partition coefficient (Wildman–Crippen LogP) is 2.77. The number of aromatic nitrogens is 3. The van der Waals surface area contributed by atoms with Crippen molar-refractivity contribution in [3.05, 3.63) is 41.5 Å². The lowest BCUT2D eigenvalue weighted by Crippen LogP contribution is -2.32. The summed E-state index contributed by atoms with van der Waals surface area (Å²) in [5.41, 5.74) is 1.31. The summed E-state index contributed by atoms with van der Waals surface area (Å²) in [5, 5.41) is 7.45. The van der Waals surface area contributed by atoms with Crippen molar-refractivity contribution in [3.8, 4) is 5.75 Å². The van der Waals surface area contributed by atoms with Gasteiger partial charge < -0.3 is 9.47 Å². The summed E-state index contributed by atoms with van der Waals surface area (Å²) in [4.78, 5) is 7.13. The highest BCUT2D eigenvalue weighted by molar-refractivity contribution is 5.28. The zero-order valence-corrected chi connectivity index (χ0v) is 15.2. The number of nitrogens with one attached hydrogen (secondary N) is 1. The lowest BCUT2D eigenvalue weighted by atomic mass is 9.96. The van der Waals surface area contributed by atoms with E-state index >= 15 is 0 Å². The summed E-state index contributed by atoms with van der Waals surface area (Å²) in [7, 11) is 1.71. The van der Waals surface area contributed by atoms with Crippen LogP contribution in [0.15, 0.2) is 24.3 Å². The van der Waals surface area contributed by atoms with E-state index in [1.807, 2.05) is 13.0 Å². The molecule has 25 heavy (non-hydrogen) atoms. The van der Waals surface area contributed by atoms with Crippen LogP contribution in [0, 0.1) is 0 Å². The monoisotopic (exact) mass is 344 g/mol. The van der Waals surface area contributed by atoms with Crippen molar-refractivity contribution in [1.82, 2.24) is 20.1 Å². The molecule has 3 rings (SSSR count). The first-order valence-corrected chi connectivity index (χ1v) is 9.12. The number of aromatic amines is 1. The van der Waals surface area contributed by atoms with Crippen molar-refractivity contribution < 1.29 is 9.47 Å². The van der Waals surface area contributed by atoms with Gasteiger partial charge in [-0.1, -0.05) is 12.1 Å². The van der Waals surface area contributed by atoms with E-state index < -0.39 is 0 Å². The van der Waals surface area contributed by atoms with E-state index in [0.717, 1.165) is 56.3 Å². The Balaban J connectivity index is 1.50. The van der Waals surface area contributed by atoms with E-state index in [0.29, 0.717) is 19.1 Å². The van der Waals surface area contributed by atoms with Gasteiger partial charge in [-0.2, -0.15) is 5.10 Å². The zero-order chi connectivity index (χ0) is 17.5. The quantitative estimate of drug-likeness (QED) is 0.798. The molecule has 1 aliphatic heterocycles. The van der Waals surface area contributed by atoms with Crippen LogP contribution in [-0.2, 0) is 17.7 Å². The molecule has 1 aromatic carbocycles. The van der Waals surface area contributed by atoms with Crippen LogP contribution in [0.25, 0.3) is 0 Å². The highest BCUT2D eigenvalue weighted by Gasteiger charge is 2.23. The number of hydrogen-bond donors (Lipinski definition) is 1. The van der Waals surface area contributed by atoms with Crippen LogP contribution in [0.2, 0.25) is 0 Å². The number of likely N-dealkylation sites (tertiary alicyclic amines) is 1. The van der Waals surface area contributed by atoms with Crippen molar-refractivity contribution in [2.45, 2.75) is 38.6 Å². The first kappa shape index (κ1) is 17.9. The van der Waals surface area contributed by atoms with Crippen molar-refractivity contribution in [1.29, 1.82) is 0 Å². The number of piperidine rings is 1. The lowest BCUT2D eigenvalue weighted by molar-refractivity contribution is 0.199. The van der Waals surface area contributed by atoms with Gasteiger partial charge in [-0.25, -0.2) is 4.98 Å². The molecular formula is C19H28N4O2. The van der Waals surface area contributed by atoms with Gasteiger partial charge >= 0.3 is 0 Å². The number of rotatable bonds is 8. The summed E-state index contributed by atoms with van der Waals surface area (Å²) < 4.78 is 10.7. The Morgan fingerprint density at radius 1 is 1.28 bits per heavy atom. The first-order valence-electron chi connectivity index (χ1n) is 9.12. The van der Waals surface area contributed by atoms with Crippen molar-refractivity contribution in [2.24, 2.45) is 0 Å². The first-order chi connectivity index (χ1) is 12.3. The van der Waals surface area contributed by atoms with Crippen LogP contribution in [0.4, 0.5) is 0 Å². The molecular weight excluding hydrogens is 316 g/mol. The highest BCUT2D eigenvalue weighted by Crippen LogP contribution is 2.26. The fourth-order valence-corrected chi connectivity index (χ4v) is 3.31. The molecule has 0 spiro atoms. The molecule has 1 aliphatic rings. The van der Waals surface area contributed by atoms with Crippen LogP contribution in [-0.4, -0.2) is 53.5 Å². The van der Waals surface area contributed by atoms with Crippen molar-refractivity contribution >= 4 is 0 Å². The second-order valence-corrected chi connectivity index (χ2v) is 6.51. The minimum absolute atomic E-state index is 0.457. The summed E-state index contributed by atoms with van der Waals surface area (Å²) in [5.74, 6) is 3.30. The topological polar surface area (TPSA) is 63.3 Å². The van der Waals surface area contributed by atoms with E-state index in [1.54, 1.807) is 7.11 Å². The third-order valence-corrected chi connectivity index (χ3v) is 4.66. The molecule has 0 saturated carbocycles. The number of methoxy groups -OCH3 is 1. The zero-order valence-electron chi connectivity index (χ0n) is 15.2. The molecule has 0 bridgehead atoms. The van der Waals surface area contributed by atoms with Gasteiger partial charge in [-0.05, 0) is 50.6 Å². The Morgan fingerprint density at radius 3 is 2.88 bits per heavy atom. The summed E-state index contributed by atoms with van der Waals surface area (Å²) in [6.07, 6.45) is 3.00. The second-order valence-electron chi connectivity index (χ2n) is 6.51. The average molecular weight is 344 g/mol. The van der Waals surface area contributed by atoms with E-state index in [4.69, 9.17) is 9.47 Å². The van der Waals surface area contributed by atoms with Gasteiger partial charge in [-0.15, -0.1) is 0 Å². The third kappa shape index (κ3) is 5.03. The van der Waals surface area contributed by atoms with Gasteiger partial charge in [0.25, 0.3) is 0 Å². The number of benzene rings is 1. The molecule has 0 amide bonds. The molecule has 0 radical (unpaired) electrons. The van der Waals surface area contributed by atoms with Crippen LogP contribution in [0.5, 0.6) is 5.75 Å². The normalized spacial score (nSPS) is 16.2. The Morgan fingerprint density at radius 2 is 2.12 bits per heavy atom. The van der Waals surface area contributed by atoms with Crippen molar-refractivity contribution in [2.75, 3.05) is 33.4 Å². The molecule has 1 saturated heterocycles. The van der Waals surface area contributed by atoms with Crippen LogP contribution in [0.1, 0.15) is 42.9 Å². The largest absolute Gasteiger partial charge is 0.494 e. The fourth-order valence-electron chi connectivity index (χ4n) is 3.31. The molecule has 0 atom stereocenters. The van der Waals surface area contributed by atoms with Crippen LogP contribution in [0.3, 0.4) is 0 Å². The Labute approximate surface area is 149 Å². The summed E-state index contributed by atoms with van der Waals surface area (Å²) >= 11 is 0. The van der Waals surface area contributed by atoms with E-state index in [9.17, 15) is 0 Å². The summed E-state index contributed by atoms with van der Waals surface area (Å²) in [6, 6.07) is 8.41. The maximum absolute atomic E-state index is 5.59. The minimum Gasteiger partial charge on any atom is -0.494 e. The molecule has 1 N–H and O–H groups in total. The SMILES string of the molecule is CCOc1cccc(CN2CCC(c3n[nH]c(CCOC)n3)CC2)c1. The molecule has 136 valence electrons. The Kier molecular flexibility index (Phi) is 6.42. The predicted molar refractivity (Wildman–Crippen MR) is 96.8 cm³/mol. The minimum atomic E-state index is 0.457. The van der Waals surface area contributed by atoms with Gasteiger partial charge in [0.2, 0.25) is 0 Å². The molecule has 0 aliphatic carbocycles. The van der Waals surface area contributed by atoms with Crippen LogP contribution >= 0.6 is 0 Å². The van der Waals surface area contributed by atoms with E-state index in [1.165, 1.54) is 5.56 Å². The molecule has 6 heteroatoms. The second kappa shape index (κ2) is 8.97. The van der Waals surface area contributed by atoms with Gasteiger partial charge in [0.15, 0.2) is 5.82 Å². The van der Waals surface area contributed by atoms with Crippen molar-refractivity contribution in [3.63, 3.8) is 0 Å². The van der Waals surface area contributed by atoms with E-state index in [2.05, 4.69) is 38.3 Å². The number of hydrogen-bond acceptors (Lipinski definition) is 5. The third-order valence-electron chi connectivity index (χ3n) is 4.66. The summed E-state index contributed by atoms with van der Waals surface area (Å²) in [6.45, 7) is 6.52. The van der Waals surface area contributed by atoms with Gasteiger partial charge in [0, 0.05) is 26.0 Å². The molecule has 0 unspecified atom stereocenters. The van der Waals surface area contributed by atoms with Gasteiger partial charge in [0.05, 0.1) is 13.2 Å². The molecule has 2 heterocycles. The van der Waals surface area contributed by atoms with Gasteiger partial charge in [0.1, 0.15) is 11.6 Å². The highest BCUT2D eigenvalue weighted by atomic mass is 16.5. The maximum atomic E-state index is 5.59. The smallest absolute Gasteiger partial charge is 0.153 e. The maximum Gasteiger partial charge on any atom is 0.153 e. The molecule has 2 aromatic rings. The molecule has 1 aromatic heterocycles. The number of nitrogens with zero attached hydrogens (tertiary/aromatic N) is 3. The standard InChI is InChI=1S/C19H28N4O2/c1-3-25-17-6-4-5-15(13-17)14-23-10-7-16(8-11-23)19-20-18(21-22-19)9-12-24-2/h4-6,13,16H,3,7-12,14H2,1-2H3,(H,20,21,22). The number of ether oxygens (including phenoxy) is 2. The average Bonchev–Trinajstić information content (AvgIpc) is 3.10. The van der Waals surface area contributed by atoms with Gasteiger partial charge in [-0.3, -0.25) is 10.00 Å². The Hall–Kier alpha value is -1.92.